The molecule has 0 heterocycles. The van der Waals surface area contributed by atoms with Crippen molar-refractivity contribution in [3.63, 3.8) is 0 Å². The van der Waals surface area contributed by atoms with Gasteiger partial charge >= 0.3 is 12.2 Å². The van der Waals surface area contributed by atoms with E-state index in [2.05, 4.69) is 15.6 Å². The van der Waals surface area contributed by atoms with Crippen LogP contribution in [0.5, 0.6) is 0 Å². The minimum atomic E-state index is -0.944. The summed E-state index contributed by atoms with van der Waals surface area (Å²) in [6.45, 7) is 10.0. The first-order chi connectivity index (χ1) is 11.7. The zero-order valence-electron chi connectivity index (χ0n) is 15.8. The Morgan fingerprint density at radius 1 is 1.04 bits per heavy atom. The molecule has 0 atom stereocenters. The van der Waals surface area contributed by atoms with Crippen LogP contribution in [0.15, 0.2) is 23.2 Å². The molecule has 0 aromatic heterocycles. The topological polar surface area (TPSA) is 115 Å². The van der Waals surface area contributed by atoms with E-state index in [1.54, 1.807) is 41.5 Å². The number of nitrogen functional groups attached to an aromatic ring is 1. The number of anilines is 2. The molecule has 0 bridgehead atoms. The quantitative estimate of drug-likeness (QED) is 0.396. The summed E-state index contributed by atoms with van der Waals surface area (Å²) in [5, 5.41) is 4.90. The van der Waals surface area contributed by atoms with Crippen LogP contribution in [0.2, 0.25) is 0 Å². The number of aliphatic imine (C=N–C) groups is 1. The molecule has 0 aliphatic carbocycles. The van der Waals surface area contributed by atoms with E-state index in [0.29, 0.717) is 0 Å². The molecule has 1 aromatic rings. The predicted molar refractivity (Wildman–Crippen MR) is 97.5 cm³/mol. The smallest absolute Gasteiger partial charge is 0.437 e. The van der Waals surface area contributed by atoms with Gasteiger partial charge in [-0.05, 0) is 59.7 Å². The number of nitrogens with zero attached hydrogens (tertiary/aromatic N) is 1. The molecule has 2 amide bonds. The van der Waals surface area contributed by atoms with Crippen molar-refractivity contribution in [1.29, 1.82) is 0 Å². The minimum Gasteiger partial charge on any atom is -0.444 e. The summed E-state index contributed by atoms with van der Waals surface area (Å²) in [7, 11) is 0. The first-order valence-electron chi connectivity index (χ1n) is 7.88. The van der Waals surface area contributed by atoms with E-state index in [1.807, 2.05) is 0 Å². The van der Waals surface area contributed by atoms with Crippen LogP contribution in [0.25, 0.3) is 0 Å². The lowest BCUT2D eigenvalue weighted by atomic mass is 10.2. The molecule has 0 saturated carbocycles. The Kier molecular flexibility index (Phi) is 6.55. The highest BCUT2D eigenvalue weighted by Crippen LogP contribution is 2.16. The van der Waals surface area contributed by atoms with E-state index < -0.39 is 29.2 Å². The largest absolute Gasteiger partial charge is 0.444 e. The van der Waals surface area contributed by atoms with Crippen molar-refractivity contribution < 1.29 is 23.5 Å². The van der Waals surface area contributed by atoms with E-state index in [-0.39, 0.29) is 17.3 Å². The van der Waals surface area contributed by atoms with Crippen LogP contribution < -0.4 is 16.4 Å². The Labute approximate surface area is 151 Å². The molecule has 0 aliphatic rings. The molecule has 26 heavy (non-hydrogen) atoms. The molecule has 0 aliphatic heterocycles. The second-order valence-electron chi connectivity index (χ2n) is 7.47. The molecule has 9 heteroatoms. The summed E-state index contributed by atoms with van der Waals surface area (Å²) in [5.41, 5.74) is 4.38. The van der Waals surface area contributed by atoms with Gasteiger partial charge in [-0.15, -0.1) is 4.99 Å². The third-order valence-corrected chi connectivity index (χ3v) is 2.40. The number of nitrogens with two attached hydrogens (primary N) is 1. The van der Waals surface area contributed by atoms with Crippen LogP contribution in [0.1, 0.15) is 41.5 Å². The molecule has 1 rings (SSSR count). The Balaban J connectivity index is 3.04. The summed E-state index contributed by atoms with van der Waals surface area (Å²) in [4.78, 5) is 27.5. The highest BCUT2D eigenvalue weighted by molar-refractivity contribution is 6.06. The van der Waals surface area contributed by atoms with Crippen molar-refractivity contribution in [2.24, 2.45) is 4.99 Å². The van der Waals surface area contributed by atoms with Crippen molar-refractivity contribution in [2.45, 2.75) is 52.7 Å². The summed E-state index contributed by atoms with van der Waals surface area (Å²) in [6.07, 6.45) is -1.79. The average Bonchev–Trinajstić information content (AvgIpc) is 2.31. The standard InChI is InChI=1S/C17H25FN4O4/c1-16(2,3)25-14(23)21-13(22-15(24)26-17(4,5)6)20-12-8-10(18)7-11(19)9-12/h7-9H,19H2,1-6H3,(H2,20,21,22,23,24). The summed E-state index contributed by atoms with van der Waals surface area (Å²) in [6, 6.07) is 3.65. The molecular formula is C17H25FN4O4. The Morgan fingerprint density at radius 2 is 1.62 bits per heavy atom. The molecule has 0 saturated heterocycles. The van der Waals surface area contributed by atoms with E-state index in [4.69, 9.17) is 15.2 Å². The number of ether oxygens (including phenoxy) is 2. The van der Waals surface area contributed by atoms with Crippen LogP contribution in [-0.4, -0.2) is 29.3 Å². The molecule has 1 aromatic carbocycles. The van der Waals surface area contributed by atoms with Gasteiger partial charge in [0, 0.05) is 11.4 Å². The molecule has 0 spiro atoms. The van der Waals surface area contributed by atoms with Crippen LogP contribution in [0, 0.1) is 5.82 Å². The summed E-state index contributed by atoms with van der Waals surface area (Å²) in [5.74, 6) is -0.889. The van der Waals surface area contributed by atoms with Gasteiger partial charge in [-0.3, -0.25) is 5.32 Å². The minimum absolute atomic E-state index is 0.154. The molecule has 144 valence electrons. The summed E-state index contributed by atoms with van der Waals surface area (Å²) < 4.78 is 23.7. The van der Waals surface area contributed by atoms with Crippen molar-refractivity contribution in [3.05, 3.63) is 24.0 Å². The molecule has 0 radical (unpaired) electrons. The number of hydrogen-bond donors (Lipinski definition) is 3. The van der Waals surface area contributed by atoms with Crippen molar-refractivity contribution in [2.75, 3.05) is 11.1 Å². The SMILES string of the molecule is CC(C)(C)OC(=O)/N=C(\NC(=O)OC(C)(C)C)Nc1cc(N)cc(F)c1. The van der Waals surface area contributed by atoms with Crippen LogP contribution in [0.3, 0.4) is 0 Å². The number of alkyl carbamates (subject to hydrolysis) is 1. The maximum absolute atomic E-state index is 13.5. The van der Waals surface area contributed by atoms with E-state index >= 15 is 0 Å². The fourth-order valence-electron chi connectivity index (χ4n) is 1.68. The number of hydrogen-bond acceptors (Lipinski definition) is 5. The number of rotatable bonds is 1. The Hall–Kier alpha value is -2.84. The molecule has 4 N–H and O–H groups in total. The van der Waals surface area contributed by atoms with Gasteiger partial charge in [0.1, 0.15) is 17.0 Å². The van der Waals surface area contributed by atoms with Gasteiger partial charge in [-0.2, -0.15) is 0 Å². The van der Waals surface area contributed by atoms with Crippen molar-refractivity contribution >= 4 is 29.5 Å². The van der Waals surface area contributed by atoms with Crippen LogP contribution >= 0.6 is 0 Å². The number of nitrogens with one attached hydrogen (secondary N) is 2. The fourth-order valence-corrected chi connectivity index (χ4v) is 1.68. The van der Waals surface area contributed by atoms with Gasteiger partial charge < -0.3 is 20.5 Å². The van der Waals surface area contributed by atoms with Crippen LogP contribution in [-0.2, 0) is 9.47 Å². The van der Waals surface area contributed by atoms with Gasteiger partial charge in [0.2, 0.25) is 5.96 Å². The van der Waals surface area contributed by atoms with Gasteiger partial charge in [0.25, 0.3) is 0 Å². The van der Waals surface area contributed by atoms with Gasteiger partial charge in [-0.1, -0.05) is 0 Å². The van der Waals surface area contributed by atoms with E-state index in [0.717, 1.165) is 12.1 Å². The number of guanidine groups is 1. The molecular weight excluding hydrogens is 343 g/mol. The van der Waals surface area contributed by atoms with Crippen LogP contribution in [0.4, 0.5) is 25.4 Å². The highest BCUT2D eigenvalue weighted by Gasteiger charge is 2.20. The third-order valence-electron chi connectivity index (χ3n) is 2.40. The number of carbonyl (C=O) groups is 2. The maximum Gasteiger partial charge on any atom is 0.437 e. The van der Waals surface area contributed by atoms with Gasteiger partial charge in [0.15, 0.2) is 0 Å². The number of halogens is 1. The third kappa shape index (κ3) is 8.86. The van der Waals surface area contributed by atoms with E-state index in [1.165, 1.54) is 6.07 Å². The maximum atomic E-state index is 13.5. The highest BCUT2D eigenvalue weighted by atomic mass is 19.1. The lowest BCUT2D eigenvalue weighted by Gasteiger charge is -2.21. The van der Waals surface area contributed by atoms with Crippen molar-refractivity contribution in [3.8, 4) is 0 Å². The van der Waals surface area contributed by atoms with Crippen molar-refractivity contribution in [1.82, 2.24) is 5.32 Å². The summed E-state index contributed by atoms with van der Waals surface area (Å²) >= 11 is 0. The molecule has 0 fully saturated rings. The second kappa shape index (κ2) is 8.03. The Bertz CT molecular complexity index is 685. The fraction of sp³-hybridized carbons (Fsp3) is 0.471. The zero-order chi connectivity index (χ0) is 20.1. The van der Waals surface area contributed by atoms with E-state index in [9.17, 15) is 14.0 Å². The normalized spacial score (nSPS) is 12.3. The first-order valence-corrected chi connectivity index (χ1v) is 7.88. The predicted octanol–water partition coefficient (Wildman–Crippen LogP) is 3.64. The van der Waals surface area contributed by atoms with Gasteiger partial charge in [0.05, 0.1) is 0 Å². The lowest BCUT2D eigenvalue weighted by Crippen LogP contribution is -2.40. The zero-order valence-corrected chi connectivity index (χ0v) is 15.8. The van der Waals surface area contributed by atoms with Gasteiger partial charge in [-0.25, -0.2) is 14.0 Å². The average molecular weight is 368 g/mol. The number of amides is 2. The lowest BCUT2D eigenvalue weighted by molar-refractivity contribution is 0.0562. The number of benzene rings is 1. The second-order valence-corrected chi connectivity index (χ2v) is 7.47. The monoisotopic (exact) mass is 368 g/mol. The first kappa shape index (κ1) is 21.2. The molecule has 0 unspecified atom stereocenters. The molecule has 8 nitrogen and oxygen atoms in total. The Morgan fingerprint density at radius 3 is 2.12 bits per heavy atom. The number of carbonyl (C=O) groups excluding carboxylic acids is 2.